The molecular weight excluding hydrogens is 292 g/mol. The summed E-state index contributed by atoms with van der Waals surface area (Å²) in [4.78, 5) is 4.26. The minimum Gasteiger partial charge on any atom is -0.456 e. The second-order valence-corrected chi connectivity index (χ2v) is 5.07. The summed E-state index contributed by atoms with van der Waals surface area (Å²) >= 11 is 3.46. The van der Waals surface area contributed by atoms with Gasteiger partial charge in [-0.1, -0.05) is 15.9 Å². The lowest BCUT2D eigenvalue weighted by Gasteiger charge is -2.09. The molecule has 0 bridgehead atoms. The molecule has 94 valence electrons. The van der Waals surface area contributed by atoms with Crippen LogP contribution in [-0.4, -0.2) is 4.98 Å². The Morgan fingerprint density at radius 2 is 1.94 bits per heavy atom. The van der Waals surface area contributed by atoms with Gasteiger partial charge in [0.15, 0.2) is 0 Å². The van der Waals surface area contributed by atoms with Gasteiger partial charge in [0, 0.05) is 10.5 Å². The third kappa shape index (κ3) is 3.09. The fraction of sp³-hybridized carbons (Fsp3) is 0.214. The van der Waals surface area contributed by atoms with Gasteiger partial charge < -0.3 is 10.5 Å². The number of nitrogens with two attached hydrogens (primary N) is 1. The van der Waals surface area contributed by atoms with E-state index in [4.69, 9.17) is 10.5 Å². The molecule has 0 amide bonds. The number of aryl methyl sites for hydroxylation is 1. The average Bonchev–Trinajstić information content (AvgIpc) is 2.34. The van der Waals surface area contributed by atoms with Crippen molar-refractivity contribution in [3.8, 4) is 11.5 Å². The molecule has 1 heterocycles. The van der Waals surface area contributed by atoms with Crippen molar-refractivity contribution < 1.29 is 4.74 Å². The number of hydrogen-bond donors (Lipinski definition) is 1. The van der Waals surface area contributed by atoms with Crippen LogP contribution in [0, 0.1) is 6.92 Å². The Morgan fingerprint density at radius 1 is 1.22 bits per heavy atom. The van der Waals surface area contributed by atoms with E-state index in [2.05, 4.69) is 20.9 Å². The highest BCUT2D eigenvalue weighted by Gasteiger charge is 2.03. The molecule has 0 radical (unpaired) electrons. The third-order valence-corrected chi connectivity index (χ3v) is 3.48. The van der Waals surface area contributed by atoms with E-state index in [-0.39, 0.29) is 6.04 Å². The van der Waals surface area contributed by atoms with E-state index >= 15 is 0 Å². The van der Waals surface area contributed by atoms with E-state index in [0.717, 1.165) is 21.5 Å². The Hall–Kier alpha value is -1.39. The number of pyridine rings is 1. The highest BCUT2D eigenvalue weighted by atomic mass is 79.9. The Bertz CT molecular complexity index is 538. The van der Waals surface area contributed by atoms with E-state index in [1.54, 1.807) is 6.20 Å². The Morgan fingerprint density at radius 3 is 2.50 bits per heavy atom. The number of rotatable bonds is 3. The first-order valence-corrected chi connectivity index (χ1v) is 6.51. The summed E-state index contributed by atoms with van der Waals surface area (Å²) in [5.74, 6) is 1.51. The Kier molecular flexibility index (Phi) is 3.99. The van der Waals surface area contributed by atoms with Gasteiger partial charge in [-0.2, -0.15) is 0 Å². The zero-order valence-corrected chi connectivity index (χ0v) is 11.9. The van der Waals surface area contributed by atoms with Crippen LogP contribution in [0.15, 0.2) is 41.0 Å². The van der Waals surface area contributed by atoms with Gasteiger partial charge in [-0.3, -0.25) is 4.98 Å². The van der Waals surface area contributed by atoms with Crippen LogP contribution in [0.1, 0.15) is 24.2 Å². The summed E-state index contributed by atoms with van der Waals surface area (Å²) in [7, 11) is 0. The largest absolute Gasteiger partial charge is 0.456 e. The lowest BCUT2D eigenvalue weighted by molar-refractivity contribution is 0.479. The Labute approximate surface area is 115 Å². The zero-order valence-electron chi connectivity index (χ0n) is 10.4. The fourth-order valence-corrected chi connectivity index (χ4v) is 1.78. The standard InChI is InChI=1S/C14H15BrN2O/c1-9-7-11(3-5-13(9)15)18-12-4-6-14(10(2)16)17-8-12/h3-8,10H,16H2,1-2H3/t10-/m0/s1. The second-order valence-electron chi connectivity index (χ2n) is 4.22. The quantitative estimate of drug-likeness (QED) is 0.933. The number of benzene rings is 1. The molecule has 0 aliphatic rings. The van der Waals surface area contributed by atoms with Crippen molar-refractivity contribution in [2.75, 3.05) is 0 Å². The molecule has 1 aromatic heterocycles. The van der Waals surface area contributed by atoms with Crippen LogP contribution < -0.4 is 10.5 Å². The smallest absolute Gasteiger partial charge is 0.145 e. The molecule has 0 fully saturated rings. The first-order chi connectivity index (χ1) is 8.56. The highest BCUT2D eigenvalue weighted by Crippen LogP contribution is 2.26. The summed E-state index contributed by atoms with van der Waals surface area (Å²) in [5, 5.41) is 0. The van der Waals surface area contributed by atoms with Gasteiger partial charge in [0.05, 0.1) is 11.9 Å². The number of ether oxygens (including phenoxy) is 1. The maximum Gasteiger partial charge on any atom is 0.145 e. The van der Waals surface area contributed by atoms with Gasteiger partial charge in [0.2, 0.25) is 0 Å². The van der Waals surface area contributed by atoms with Crippen LogP contribution in [-0.2, 0) is 0 Å². The predicted octanol–water partition coefficient (Wildman–Crippen LogP) is 3.96. The predicted molar refractivity (Wildman–Crippen MR) is 75.8 cm³/mol. The number of nitrogens with zero attached hydrogens (tertiary/aromatic N) is 1. The SMILES string of the molecule is Cc1cc(Oc2ccc([C@H](C)N)nc2)ccc1Br. The molecule has 1 aromatic carbocycles. The zero-order chi connectivity index (χ0) is 13.1. The fourth-order valence-electron chi connectivity index (χ4n) is 1.54. The highest BCUT2D eigenvalue weighted by molar-refractivity contribution is 9.10. The van der Waals surface area contributed by atoms with Gasteiger partial charge >= 0.3 is 0 Å². The maximum atomic E-state index is 5.74. The van der Waals surface area contributed by atoms with Crippen LogP contribution in [0.4, 0.5) is 0 Å². The molecule has 2 aromatic rings. The van der Waals surface area contributed by atoms with Gasteiger partial charge in [-0.25, -0.2) is 0 Å². The lowest BCUT2D eigenvalue weighted by atomic mass is 10.2. The van der Waals surface area contributed by atoms with Crippen LogP contribution in [0.2, 0.25) is 0 Å². The molecule has 0 aliphatic heterocycles. The monoisotopic (exact) mass is 306 g/mol. The van der Waals surface area contributed by atoms with Crippen molar-refractivity contribution >= 4 is 15.9 Å². The van der Waals surface area contributed by atoms with Crippen molar-refractivity contribution in [3.05, 3.63) is 52.3 Å². The average molecular weight is 307 g/mol. The van der Waals surface area contributed by atoms with Crippen LogP contribution in [0.25, 0.3) is 0 Å². The van der Waals surface area contributed by atoms with Crippen molar-refractivity contribution in [1.82, 2.24) is 4.98 Å². The topological polar surface area (TPSA) is 48.1 Å². The molecule has 0 saturated carbocycles. The van der Waals surface area contributed by atoms with E-state index in [1.807, 2.05) is 44.2 Å². The third-order valence-electron chi connectivity index (χ3n) is 2.59. The minimum atomic E-state index is -0.0611. The molecule has 2 N–H and O–H groups in total. The minimum absolute atomic E-state index is 0.0611. The maximum absolute atomic E-state index is 5.74. The van der Waals surface area contributed by atoms with Crippen molar-refractivity contribution in [2.45, 2.75) is 19.9 Å². The van der Waals surface area contributed by atoms with Gasteiger partial charge in [0.25, 0.3) is 0 Å². The van der Waals surface area contributed by atoms with Crippen LogP contribution in [0.3, 0.4) is 0 Å². The molecule has 1 atom stereocenters. The van der Waals surface area contributed by atoms with Crippen molar-refractivity contribution in [3.63, 3.8) is 0 Å². The molecule has 0 spiro atoms. The van der Waals surface area contributed by atoms with Crippen LogP contribution in [0.5, 0.6) is 11.5 Å². The summed E-state index contributed by atoms with van der Waals surface area (Å²) in [6, 6.07) is 9.55. The Balaban J connectivity index is 2.15. The van der Waals surface area contributed by atoms with E-state index in [0.29, 0.717) is 5.75 Å². The molecule has 0 unspecified atom stereocenters. The van der Waals surface area contributed by atoms with Crippen molar-refractivity contribution in [2.24, 2.45) is 5.73 Å². The first-order valence-electron chi connectivity index (χ1n) is 5.72. The van der Waals surface area contributed by atoms with Gasteiger partial charge in [-0.15, -0.1) is 0 Å². The number of hydrogen-bond acceptors (Lipinski definition) is 3. The number of halogens is 1. The normalized spacial score (nSPS) is 12.2. The van der Waals surface area contributed by atoms with E-state index in [1.165, 1.54) is 0 Å². The van der Waals surface area contributed by atoms with Crippen LogP contribution >= 0.6 is 15.9 Å². The van der Waals surface area contributed by atoms with Gasteiger partial charge in [-0.05, 0) is 49.7 Å². The first kappa shape index (κ1) is 13.1. The molecule has 3 nitrogen and oxygen atoms in total. The summed E-state index contributed by atoms with van der Waals surface area (Å²) in [6.45, 7) is 3.93. The molecule has 4 heteroatoms. The van der Waals surface area contributed by atoms with E-state index in [9.17, 15) is 0 Å². The summed E-state index contributed by atoms with van der Waals surface area (Å²) in [5.41, 5.74) is 7.73. The second kappa shape index (κ2) is 5.50. The lowest BCUT2D eigenvalue weighted by Crippen LogP contribution is -2.06. The van der Waals surface area contributed by atoms with E-state index < -0.39 is 0 Å². The van der Waals surface area contributed by atoms with Crippen molar-refractivity contribution in [1.29, 1.82) is 0 Å². The molecule has 0 saturated heterocycles. The van der Waals surface area contributed by atoms with Gasteiger partial charge in [0.1, 0.15) is 11.5 Å². The molecule has 2 rings (SSSR count). The number of aromatic nitrogens is 1. The summed E-state index contributed by atoms with van der Waals surface area (Å²) in [6.07, 6.45) is 1.69. The molecular formula is C14H15BrN2O. The summed E-state index contributed by atoms with van der Waals surface area (Å²) < 4.78 is 6.79. The molecule has 0 aliphatic carbocycles. The molecule has 18 heavy (non-hydrogen) atoms.